The van der Waals surface area contributed by atoms with Gasteiger partial charge in [-0.2, -0.15) is 0 Å². The summed E-state index contributed by atoms with van der Waals surface area (Å²) in [6.07, 6.45) is 7.48. The third-order valence-electron chi connectivity index (χ3n) is 5.41. The van der Waals surface area contributed by atoms with Crippen molar-refractivity contribution in [3.8, 4) is 11.5 Å². The Labute approximate surface area is 170 Å². The molecule has 0 unspecified atom stereocenters. The topological polar surface area (TPSA) is 50.8 Å². The predicted molar refractivity (Wildman–Crippen MR) is 114 cm³/mol. The Morgan fingerprint density at radius 2 is 1.93 bits per heavy atom. The average Bonchev–Trinajstić information content (AvgIpc) is 2.72. The molecule has 1 aliphatic rings. The fourth-order valence-corrected chi connectivity index (χ4v) is 3.92. The van der Waals surface area contributed by atoms with Gasteiger partial charge in [-0.1, -0.05) is 19.4 Å². The molecule has 158 valence electrons. The molecule has 1 fully saturated rings. The molecule has 1 atom stereocenters. The maximum absolute atomic E-state index is 12.2. The summed E-state index contributed by atoms with van der Waals surface area (Å²) in [6.45, 7) is 10.5. The average molecular weight is 391 g/mol. The standard InChI is InChI=1S/C23H38N2O3/c1-4-20-10-7-8-16-25(20)17-9-15-24-23(26)14-12-19-11-13-21(27-5-2)22(18-19)28-6-3/h11,13,18,20H,4-10,12,14-17H2,1-3H3,(H,24,26)/t20-/m0/s1. The maximum Gasteiger partial charge on any atom is 0.220 e. The third-order valence-corrected chi connectivity index (χ3v) is 5.41. The number of benzene rings is 1. The van der Waals surface area contributed by atoms with Gasteiger partial charge < -0.3 is 19.7 Å². The van der Waals surface area contributed by atoms with Crippen LogP contribution in [0, 0.1) is 0 Å². The van der Waals surface area contributed by atoms with E-state index in [2.05, 4.69) is 17.1 Å². The molecule has 1 aliphatic heterocycles. The Kier molecular flexibility index (Phi) is 10.2. The number of amides is 1. The predicted octanol–water partition coefficient (Wildman–Crippen LogP) is 4.19. The zero-order chi connectivity index (χ0) is 20.2. The van der Waals surface area contributed by atoms with Gasteiger partial charge in [-0.25, -0.2) is 0 Å². The lowest BCUT2D eigenvalue weighted by molar-refractivity contribution is -0.121. The number of nitrogens with one attached hydrogen (secondary N) is 1. The summed E-state index contributed by atoms with van der Waals surface area (Å²) in [5, 5.41) is 3.08. The number of likely N-dealkylation sites (tertiary alicyclic amines) is 1. The van der Waals surface area contributed by atoms with Crippen molar-refractivity contribution in [2.75, 3.05) is 32.8 Å². The number of ether oxygens (including phenoxy) is 2. The summed E-state index contributed by atoms with van der Waals surface area (Å²) >= 11 is 0. The van der Waals surface area contributed by atoms with Crippen molar-refractivity contribution < 1.29 is 14.3 Å². The van der Waals surface area contributed by atoms with Gasteiger partial charge in [-0.05, 0) is 70.2 Å². The molecular weight excluding hydrogens is 352 g/mol. The van der Waals surface area contributed by atoms with Crippen LogP contribution in [0.4, 0.5) is 0 Å². The highest BCUT2D eigenvalue weighted by Gasteiger charge is 2.19. The summed E-state index contributed by atoms with van der Waals surface area (Å²) in [4.78, 5) is 14.8. The van der Waals surface area contributed by atoms with Gasteiger partial charge in [0.2, 0.25) is 5.91 Å². The molecule has 0 aromatic heterocycles. The van der Waals surface area contributed by atoms with Crippen LogP contribution in [-0.4, -0.2) is 49.7 Å². The molecule has 28 heavy (non-hydrogen) atoms. The number of piperidine rings is 1. The number of aryl methyl sites for hydroxylation is 1. The molecule has 1 saturated heterocycles. The summed E-state index contributed by atoms with van der Waals surface area (Å²) in [7, 11) is 0. The summed E-state index contributed by atoms with van der Waals surface area (Å²) < 4.78 is 11.3. The number of nitrogens with zero attached hydrogens (tertiary/aromatic N) is 1. The van der Waals surface area contributed by atoms with Gasteiger partial charge in [0.25, 0.3) is 0 Å². The third kappa shape index (κ3) is 7.34. The highest BCUT2D eigenvalue weighted by Crippen LogP contribution is 2.29. The lowest BCUT2D eigenvalue weighted by atomic mass is 10.00. The van der Waals surface area contributed by atoms with Crippen LogP contribution in [-0.2, 0) is 11.2 Å². The molecule has 0 bridgehead atoms. The zero-order valence-electron chi connectivity index (χ0n) is 18.0. The molecule has 0 saturated carbocycles. The first-order valence-electron chi connectivity index (χ1n) is 11.1. The van der Waals surface area contributed by atoms with Crippen molar-refractivity contribution in [2.24, 2.45) is 0 Å². The van der Waals surface area contributed by atoms with Gasteiger partial charge in [0.15, 0.2) is 11.5 Å². The van der Waals surface area contributed by atoms with E-state index in [9.17, 15) is 4.79 Å². The molecule has 0 spiro atoms. The monoisotopic (exact) mass is 390 g/mol. The fourth-order valence-electron chi connectivity index (χ4n) is 3.92. The Morgan fingerprint density at radius 1 is 1.14 bits per heavy atom. The van der Waals surface area contributed by atoms with Crippen molar-refractivity contribution in [1.29, 1.82) is 0 Å². The number of carbonyl (C=O) groups excluding carboxylic acids is 1. The minimum absolute atomic E-state index is 0.123. The maximum atomic E-state index is 12.2. The smallest absolute Gasteiger partial charge is 0.220 e. The molecule has 5 heteroatoms. The van der Waals surface area contributed by atoms with Crippen LogP contribution in [0.5, 0.6) is 11.5 Å². The van der Waals surface area contributed by atoms with Crippen LogP contribution < -0.4 is 14.8 Å². The van der Waals surface area contributed by atoms with Gasteiger partial charge in [-0.15, -0.1) is 0 Å². The lowest BCUT2D eigenvalue weighted by Gasteiger charge is -2.35. The number of rotatable bonds is 12. The molecule has 5 nitrogen and oxygen atoms in total. The van der Waals surface area contributed by atoms with Crippen LogP contribution in [0.2, 0.25) is 0 Å². The summed E-state index contributed by atoms with van der Waals surface area (Å²) in [5.41, 5.74) is 1.10. The molecule has 2 rings (SSSR count). The molecule has 0 radical (unpaired) electrons. The fraction of sp³-hybridized carbons (Fsp3) is 0.696. The molecule has 1 aromatic rings. The Hall–Kier alpha value is -1.75. The van der Waals surface area contributed by atoms with Crippen molar-refractivity contribution >= 4 is 5.91 Å². The molecule has 1 N–H and O–H groups in total. The van der Waals surface area contributed by atoms with Crippen molar-refractivity contribution in [2.45, 2.75) is 71.8 Å². The molecule has 1 aromatic carbocycles. The summed E-state index contributed by atoms with van der Waals surface area (Å²) in [5.74, 6) is 1.65. The van der Waals surface area contributed by atoms with Crippen molar-refractivity contribution in [3.63, 3.8) is 0 Å². The van der Waals surface area contributed by atoms with E-state index in [1.54, 1.807) is 0 Å². The second-order valence-electron chi connectivity index (χ2n) is 7.44. The van der Waals surface area contributed by atoms with Crippen molar-refractivity contribution in [3.05, 3.63) is 23.8 Å². The van der Waals surface area contributed by atoms with E-state index in [1.807, 2.05) is 32.0 Å². The van der Waals surface area contributed by atoms with E-state index in [4.69, 9.17) is 9.47 Å². The van der Waals surface area contributed by atoms with E-state index < -0.39 is 0 Å². The van der Waals surface area contributed by atoms with Gasteiger partial charge in [0.1, 0.15) is 0 Å². The van der Waals surface area contributed by atoms with E-state index in [0.717, 1.165) is 42.6 Å². The van der Waals surface area contributed by atoms with Crippen LogP contribution in [0.3, 0.4) is 0 Å². The Balaban J connectivity index is 1.69. The highest BCUT2D eigenvalue weighted by molar-refractivity contribution is 5.76. The van der Waals surface area contributed by atoms with E-state index in [0.29, 0.717) is 26.1 Å². The van der Waals surface area contributed by atoms with Crippen molar-refractivity contribution in [1.82, 2.24) is 10.2 Å². The summed E-state index contributed by atoms with van der Waals surface area (Å²) in [6, 6.07) is 6.68. The first-order chi connectivity index (χ1) is 13.7. The highest BCUT2D eigenvalue weighted by atomic mass is 16.5. The Bertz CT molecular complexity index is 591. The molecular formula is C23H38N2O3. The first kappa shape index (κ1) is 22.5. The van der Waals surface area contributed by atoms with Gasteiger partial charge in [0.05, 0.1) is 13.2 Å². The van der Waals surface area contributed by atoms with E-state index in [1.165, 1.54) is 32.2 Å². The SMILES string of the molecule is CCOc1ccc(CCC(=O)NCCCN2CCCC[C@@H]2CC)cc1OCC. The van der Waals surface area contributed by atoms with Gasteiger partial charge in [-0.3, -0.25) is 4.79 Å². The molecule has 1 amide bonds. The van der Waals surface area contributed by atoms with E-state index >= 15 is 0 Å². The number of hydrogen-bond acceptors (Lipinski definition) is 4. The number of carbonyl (C=O) groups is 1. The quantitative estimate of drug-likeness (QED) is 0.544. The zero-order valence-corrected chi connectivity index (χ0v) is 18.0. The minimum atomic E-state index is 0.123. The molecule has 1 heterocycles. The van der Waals surface area contributed by atoms with E-state index in [-0.39, 0.29) is 5.91 Å². The second-order valence-corrected chi connectivity index (χ2v) is 7.44. The minimum Gasteiger partial charge on any atom is -0.490 e. The van der Waals surface area contributed by atoms with Crippen LogP contribution in [0.1, 0.15) is 64.9 Å². The van der Waals surface area contributed by atoms with Crippen LogP contribution in [0.15, 0.2) is 18.2 Å². The van der Waals surface area contributed by atoms with Crippen LogP contribution >= 0.6 is 0 Å². The molecule has 0 aliphatic carbocycles. The van der Waals surface area contributed by atoms with Gasteiger partial charge in [0, 0.05) is 25.6 Å². The van der Waals surface area contributed by atoms with Crippen LogP contribution in [0.25, 0.3) is 0 Å². The Morgan fingerprint density at radius 3 is 2.68 bits per heavy atom. The largest absolute Gasteiger partial charge is 0.490 e. The normalized spacial score (nSPS) is 17.3. The first-order valence-corrected chi connectivity index (χ1v) is 11.1. The van der Waals surface area contributed by atoms with Gasteiger partial charge >= 0.3 is 0 Å². The lowest BCUT2D eigenvalue weighted by Crippen LogP contribution is -2.40. The number of hydrogen-bond donors (Lipinski definition) is 1. The second kappa shape index (κ2) is 12.7.